The van der Waals surface area contributed by atoms with E-state index in [2.05, 4.69) is 20.7 Å². The fourth-order valence-corrected chi connectivity index (χ4v) is 2.27. The van der Waals surface area contributed by atoms with Crippen molar-refractivity contribution in [1.82, 2.24) is 25.5 Å². The van der Waals surface area contributed by atoms with Crippen LogP contribution in [-0.4, -0.2) is 26.1 Å². The fraction of sp³-hybridized carbons (Fsp3) is 0.250. The molecule has 0 unspecified atom stereocenters. The van der Waals surface area contributed by atoms with E-state index in [1.807, 2.05) is 44.2 Å². The number of hydrogen-bond acceptors (Lipinski definition) is 5. The number of carbonyl (C=O) groups is 1. The van der Waals surface area contributed by atoms with Crippen molar-refractivity contribution in [2.75, 3.05) is 0 Å². The minimum Gasteiger partial charge on any atom is -0.467 e. The summed E-state index contributed by atoms with van der Waals surface area (Å²) in [6.45, 7) is 3.84. The van der Waals surface area contributed by atoms with Crippen LogP contribution in [0.25, 0.3) is 11.4 Å². The number of amides is 1. The maximum Gasteiger partial charge on any atom is 0.244 e. The highest BCUT2D eigenvalue weighted by atomic mass is 16.3. The average Bonchev–Trinajstić information content (AvgIpc) is 3.19. The van der Waals surface area contributed by atoms with Crippen molar-refractivity contribution in [1.29, 1.82) is 0 Å². The number of rotatable bonds is 5. The monoisotopic (exact) mass is 311 g/mol. The molecule has 23 heavy (non-hydrogen) atoms. The Morgan fingerprint density at radius 2 is 2.13 bits per heavy atom. The van der Waals surface area contributed by atoms with Gasteiger partial charge < -0.3 is 9.73 Å². The molecule has 7 heteroatoms. The molecule has 3 rings (SSSR count). The molecule has 0 spiro atoms. The third-order valence-corrected chi connectivity index (χ3v) is 3.47. The maximum atomic E-state index is 12.0. The molecule has 0 fully saturated rings. The van der Waals surface area contributed by atoms with Gasteiger partial charge >= 0.3 is 0 Å². The molecule has 0 saturated carbocycles. The number of carbonyl (C=O) groups excluding carboxylic acids is 1. The topological polar surface area (TPSA) is 85.8 Å². The highest BCUT2D eigenvalue weighted by Gasteiger charge is 2.14. The lowest BCUT2D eigenvalue weighted by molar-refractivity contribution is -0.122. The van der Waals surface area contributed by atoms with Crippen LogP contribution in [0.1, 0.15) is 24.3 Å². The number of hydrogen-bond donors (Lipinski definition) is 1. The molecule has 0 saturated heterocycles. The Labute approximate surface area is 133 Å². The lowest BCUT2D eigenvalue weighted by Gasteiger charge is -2.10. The number of benzene rings is 1. The second kappa shape index (κ2) is 6.43. The van der Waals surface area contributed by atoms with Gasteiger partial charge in [-0.25, -0.2) is 0 Å². The zero-order valence-corrected chi connectivity index (χ0v) is 12.9. The molecule has 0 aliphatic rings. The van der Waals surface area contributed by atoms with Crippen molar-refractivity contribution in [2.24, 2.45) is 0 Å². The molecule has 0 aliphatic heterocycles. The number of tetrazole rings is 1. The van der Waals surface area contributed by atoms with Gasteiger partial charge in [-0.2, -0.15) is 4.80 Å². The Balaban J connectivity index is 1.65. The van der Waals surface area contributed by atoms with Gasteiger partial charge in [0.2, 0.25) is 11.7 Å². The molecule has 0 aliphatic carbocycles. The normalized spacial score (nSPS) is 12.1. The summed E-state index contributed by atoms with van der Waals surface area (Å²) >= 11 is 0. The van der Waals surface area contributed by atoms with Crippen LogP contribution in [0.5, 0.6) is 0 Å². The summed E-state index contributed by atoms with van der Waals surface area (Å²) in [4.78, 5) is 13.3. The van der Waals surface area contributed by atoms with Gasteiger partial charge in [0.1, 0.15) is 12.3 Å². The van der Waals surface area contributed by atoms with Crippen molar-refractivity contribution >= 4 is 5.91 Å². The van der Waals surface area contributed by atoms with Crippen molar-refractivity contribution in [3.05, 3.63) is 54.0 Å². The van der Waals surface area contributed by atoms with E-state index in [0.29, 0.717) is 11.6 Å². The van der Waals surface area contributed by atoms with Crippen molar-refractivity contribution < 1.29 is 9.21 Å². The fourth-order valence-electron chi connectivity index (χ4n) is 2.27. The van der Waals surface area contributed by atoms with Gasteiger partial charge in [-0.05, 0) is 36.8 Å². The van der Waals surface area contributed by atoms with E-state index in [-0.39, 0.29) is 18.5 Å². The quantitative estimate of drug-likeness (QED) is 0.780. The predicted octanol–water partition coefficient (Wildman–Crippen LogP) is 2.12. The lowest BCUT2D eigenvalue weighted by Crippen LogP contribution is -2.30. The van der Waals surface area contributed by atoms with Gasteiger partial charge in [0.05, 0.1) is 12.3 Å². The van der Waals surface area contributed by atoms with Gasteiger partial charge in [0.15, 0.2) is 0 Å². The van der Waals surface area contributed by atoms with E-state index in [1.54, 1.807) is 12.3 Å². The molecule has 1 N–H and O–H groups in total. The third kappa shape index (κ3) is 3.45. The molecule has 1 aromatic carbocycles. The Bertz CT molecular complexity index is 794. The zero-order valence-electron chi connectivity index (χ0n) is 12.9. The molecule has 7 nitrogen and oxygen atoms in total. The van der Waals surface area contributed by atoms with Crippen LogP contribution in [0, 0.1) is 6.92 Å². The molecule has 1 amide bonds. The minimum absolute atomic E-state index is 0.00390. The van der Waals surface area contributed by atoms with Crippen molar-refractivity contribution in [3.63, 3.8) is 0 Å². The molecular formula is C16H17N5O2. The summed E-state index contributed by atoms with van der Waals surface area (Å²) in [5.41, 5.74) is 1.96. The van der Waals surface area contributed by atoms with Crippen molar-refractivity contribution in [2.45, 2.75) is 26.4 Å². The summed E-state index contributed by atoms with van der Waals surface area (Å²) in [5, 5.41) is 15.0. The highest BCUT2D eigenvalue weighted by molar-refractivity contribution is 5.75. The van der Waals surface area contributed by atoms with Gasteiger partial charge in [-0.1, -0.05) is 24.3 Å². The summed E-state index contributed by atoms with van der Waals surface area (Å²) in [5.74, 6) is 1.00. The molecule has 3 aromatic rings. The maximum absolute atomic E-state index is 12.0. The summed E-state index contributed by atoms with van der Waals surface area (Å²) in [6, 6.07) is 11.2. The first-order valence-electron chi connectivity index (χ1n) is 7.30. The highest BCUT2D eigenvalue weighted by Crippen LogP contribution is 2.17. The number of aryl methyl sites for hydroxylation is 1. The van der Waals surface area contributed by atoms with Crippen molar-refractivity contribution in [3.8, 4) is 11.4 Å². The van der Waals surface area contributed by atoms with E-state index < -0.39 is 0 Å². The Morgan fingerprint density at radius 3 is 2.87 bits per heavy atom. The third-order valence-electron chi connectivity index (χ3n) is 3.47. The van der Waals surface area contributed by atoms with E-state index in [1.165, 1.54) is 4.80 Å². The standard InChI is InChI=1S/C16H17N5O2/c1-11-6-3-4-7-13(11)16-18-20-21(19-16)10-15(22)17-12(2)14-8-5-9-23-14/h3-9,12H,10H2,1-2H3,(H,17,22)/t12-/m0/s1. The van der Waals surface area contributed by atoms with Gasteiger partial charge in [-0.15, -0.1) is 10.2 Å². The smallest absolute Gasteiger partial charge is 0.244 e. The van der Waals surface area contributed by atoms with Crippen LogP contribution in [0.3, 0.4) is 0 Å². The average molecular weight is 311 g/mol. The lowest BCUT2D eigenvalue weighted by atomic mass is 10.1. The molecule has 2 aromatic heterocycles. The summed E-state index contributed by atoms with van der Waals surface area (Å²) in [6.07, 6.45) is 1.57. The first-order valence-corrected chi connectivity index (χ1v) is 7.30. The SMILES string of the molecule is Cc1ccccc1-c1nnn(CC(=O)N[C@@H](C)c2ccco2)n1. The largest absolute Gasteiger partial charge is 0.467 e. The predicted molar refractivity (Wildman–Crippen MR) is 83.3 cm³/mol. The number of nitrogens with one attached hydrogen (secondary N) is 1. The van der Waals surface area contributed by atoms with Gasteiger partial charge in [0.25, 0.3) is 0 Å². The van der Waals surface area contributed by atoms with Gasteiger partial charge in [-0.3, -0.25) is 4.79 Å². The number of furan rings is 1. The van der Waals surface area contributed by atoms with Gasteiger partial charge in [0, 0.05) is 5.56 Å². The van der Waals surface area contributed by atoms with Crippen LogP contribution in [-0.2, 0) is 11.3 Å². The second-order valence-electron chi connectivity index (χ2n) is 5.26. The van der Waals surface area contributed by atoms with Crippen LogP contribution in [0.2, 0.25) is 0 Å². The van der Waals surface area contributed by atoms with E-state index in [0.717, 1.165) is 11.1 Å². The van der Waals surface area contributed by atoms with Crippen LogP contribution >= 0.6 is 0 Å². The van der Waals surface area contributed by atoms with Crippen LogP contribution in [0.4, 0.5) is 0 Å². The molecule has 0 bridgehead atoms. The van der Waals surface area contributed by atoms with Crippen LogP contribution < -0.4 is 5.32 Å². The summed E-state index contributed by atoms with van der Waals surface area (Å²) < 4.78 is 5.26. The summed E-state index contributed by atoms with van der Waals surface area (Å²) in [7, 11) is 0. The molecule has 0 radical (unpaired) electrons. The van der Waals surface area contributed by atoms with E-state index in [4.69, 9.17) is 4.42 Å². The Morgan fingerprint density at radius 1 is 1.30 bits per heavy atom. The Hall–Kier alpha value is -2.96. The zero-order chi connectivity index (χ0) is 16.2. The molecule has 118 valence electrons. The molecule has 2 heterocycles. The second-order valence-corrected chi connectivity index (χ2v) is 5.26. The van der Waals surface area contributed by atoms with E-state index in [9.17, 15) is 4.79 Å². The molecular weight excluding hydrogens is 294 g/mol. The van der Waals surface area contributed by atoms with Crippen LogP contribution in [0.15, 0.2) is 47.1 Å². The first-order chi connectivity index (χ1) is 11.1. The number of aromatic nitrogens is 4. The van der Waals surface area contributed by atoms with E-state index >= 15 is 0 Å². The number of nitrogens with zero attached hydrogens (tertiary/aromatic N) is 4. The first kappa shape index (κ1) is 15.0. The Kier molecular flexibility index (Phi) is 4.18. The minimum atomic E-state index is -0.211. The molecule has 1 atom stereocenters.